The Morgan fingerprint density at radius 3 is 2.56 bits per heavy atom. The van der Waals surface area contributed by atoms with Crippen LogP contribution in [-0.4, -0.2) is 36.1 Å². The summed E-state index contributed by atoms with van der Waals surface area (Å²) >= 11 is 0. The molecule has 2 aromatic rings. The second-order valence-corrected chi connectivity index (χ2v) is 8.48. The summed E-state index contributed by atoms with van der Waals surface area (Å²) < 4.78 is 11.0. The van der Waals surface area contributed by atoms with Gasteiger partial charge in [-0.25, -0.2) is 9.59 Å². The first kappa shape index (κ1) is 22.1. The lowest BCUT2D eigenvalue weighted by molar-refractivity contribution is -0.139. The van der Waals surface area contributed by atoms with E-state index in [0.717, 1.165) is 29.7 Å². The predicted octanol–water partition coefficient (Wildman–Crippen LogP) is 4.20. The fourth-order valence-electron chi connectivity index (χ4n) is 4.59. The molecule has 2 heterocycles. The van der Waals surface area contributed by atoms with Crippen molar-refractivity contribution < 1.29 is 18.7 Å². The molecule has 2 amide bonds. The largest absolute Gasteiger partial charge is 0.468 e. The van der Waals surface area contributed by atoms with Gasteiger partial charge in [0, 0.05) is 18.3 Å². The van der Waals surface area contributed by atoms with Crippen LogP contribution in [0.15, 0.2) is 58.3 Å². The molecule has 2 N–H and O–H groups in total. The van der Waals surface area contributed by atoms with Crippen LogP contribution in [0.2, 0.25) is 0 Å². The Kier molecular flexibility index (Phi) is 6.95. The third-order valence-corrected chi connectivity index (χ3v) is 6.20. The summed E-state index contributed by atoms with van der Waals surface area (Å²) in [4.78, 5) is 28.0. The highest BCUT2D eigenvalue weighted by Gasteiger charge is 2.35. The van der Waals surface area contributed by atoms with Crippen molar-refractivity contribution in [1.82, 2.24) is 15.5 Å². The molecule has 0 unspecified atom stereocenters. The molecular weight excluding hydrogens is 406 g/mol. The molecule has 1 aromatic carbocycles. The molecule has 32 heavy (non-hydrogen) atoms. The van der Waals surface area contributed by atoms with E-state index in [1.807, 2.05) is 43.3 Å². The van der Waals surface area contributed by atoms with Gasteiger partial charge in [0.15, 0.2) is 0 Å². The van der Waals surface area contributed by atoms with E-state index in [1.54, 1.807) is 13.2 Å². The molecule has 1 aliphatic carbocycles. The van der Waals surface area contributed by atoms with E-state index in [9.17, 15) is 9.59 Å². The smallest absolute Gasteiger partial charge is 0.338 e. The van der Waals surface area contributed by atoms with E-state index in [1.165, 1.54) is 12.8 Å². The Morgan fingerprint density at radius 1 is 1.16 bits per heavy atom. The minimum absolute atomic E-state index is 0.267. The zero-order chi connectivity index (χ0) is 22.5. The fourth-order valence-corrected chi connectivity index (χ4v) is 4.59. The number of amides is 2. The Balaban J connectivity index is 1.71. The van der Waals surface area contributed by atoms with Gasteiger partial charge in [0.1, 0.15) is 5.76 Å². The molecule has 1 fully saturated rings. The van der Waals surface area contributed by atoms with Gasteiger partial charge in [-0.05, 0) is 44.4 Å². The number of nitrogens with one attached hydrogen (secondary N) is 2. The zero-order valence-electron chi connectivity index (χ0n) is 18.7. The Hall–Kier alpha value is -3.06. The van der Waals surface area contributed by atoms with E-state index in [-0.39, 0.29) is 12.6 Å². The number of aryl methyl sites for hydroxylation is 1. The molecule has 0 radical (unpaired) electrons. The van der Waals surface area contributed by atoms with Crippen LogP contribution in [0.5, 0.6) is 0 Å². The molecule has 7 nitrogen and oxygen atoms in total. The maximum Gasteiger partial charge on any atom is 0.338 e. The Labute approximate surface area is 188 Å². The van der Waals surface area contributed by atoms with Crippen LogP contribution in [0.1, 0.15) is 55.5 Å². The van der Waals surface area contributed by atoms with Crippen LogP contribution < -0.4 is 10.6 Å². The number of esters is 1. The fraction of sp³-hybridized carbons (Fsp3) is 0.440. The van der Waals surface area contributed by atoms with Gasteiger partial charge in [-0.15, -0.1) is 0 Å². The molecule has 0 spiro atoms. The lowest BCUT2D eigenvalue weighted by Crippen LogP contribution is -2.49. The van der Waals surface area contributed by atoms with Gasteiger partial charge in [-0.3, -0.25) is 4.90 Å². The van der Waals surface area contributed by atoms with Crippen LogP contribution in [-0.2, 0) is 16.1 Å². The van der Waals surface area contributed by atoms with E-state index in [0.29, 0.717) is 30.4 Å². The van der Waals surface area contributed by atoms with Crippen LogP contribution in [0.25, 0.3) is 0 Å². The van der Waals surface area contributed by atoms with Crippen LogP contribution in [0, 0.1) is 6.92 Å². The summed E-state index contributed by atoms with van der Waals surface area (Å²) in [6, 6.07) is 11.2. The summed E-state index contributed by atoms with van der Waals surface area (Å²) in [7, 11) is 0. The number of carbonyl (C=O) groups is 2. The van der Waals surface area contributed by atoms with Crippen molar-refractivity contribution >= 4 is 12.0 Å². The highest BCUT2D eigenvalue weighted by molar-refractivity contribution is 5.95. The van der Waals surface area contributed by atoms with Crippen LogP contribution >= 0.6 is 0 Å². The summed E-state index contributed by atoms with van der Waals surface area (Å²) in [6.07, 6.45) is 6.23. The number of hydrogen-bond acceptors (Lipinski definition) is 5. The predicted molar refractivity (Wildman–Crippen MR) is 121 cm³/mol. The van der Waals surface area contributed by atoms with E-state index in [2.05, 4.69) is 15.5 Å². The number of urea groups is 1. The van der Waals surface area contributed by atoms with Crippen molar-refractivity contribution in [3.63, 3.8) is 0 Å². The maximum atomic E-state index is 13.1. The number of rotatable bonds is 8. The van der Waals surface area contributed by atoms with Gasteiger partial charge in [0.2, 0.25) is 0 Å². The number of ether oxygens (including phenoxy) is 1. The van der Waals surface area contributed by atoms with Crippen molar-refractivity contribution in [3.8, 4) is 0 Å². The average Bonchev–Trinajstić information content (AvgIpc) is 3.48. The SMILES string of the molecule is CCOC(=O)C1=C(CN(Cc2ccco2)C2CCCC2)NC(=O)N[C@H]1c1ccc(C)cc1. The third-order valence-electron chi connectivity index (χ3n) is 6.20. The maximum absolute atomic E-state index is 13.1. The first-order valence-electron chi connectivity index (χ1n) is 11.4. The normalized spacial score (nSPS) is 19.2. The topological polar surface area (TPSA) is 83.8 Å². The molecule has 0 saturated heterocycles. The first-order chi connectivity index (χ1) is 15.5. The molecule has 1 aliphatic heterocycles. The number of furan rings is 1. The lowest BCUT2D eigenvalue weighted by atomic mass is 9.94. The van der Waals surface area contributed by atoms with Gasteiger partial charge >= 0.3 is 12.0 Å². The van der Waals surface area contributed by atoms with Crippen molar-refractivity contribution in [1.29, 1.82) is 0 Å². The monoisotopic (exact) mass is 437 g/mol. The molecular formula is C25H31N3O4. The van der Waals surface area contributed by atoms with Crippen molar-refractivity contribution in [2.45, 2.75) is 58.2 Å². The molecule has 1 saturated carbocycles. The second kappa shape index (κ2) is 10.0. The first-order valence-corrected chi connectivity index (χ1v) is 11.4. The summed E-state index contributed by atoms with van der Waals surface area (Å²) in [6.45, 7) is 5.12. The summed E-state index contributed by atoms with van der Waals surface area (Å²) in [5, 5.41) is 5.82. The highest BCUT2D eigenvalue weighted by atomic mass is 16.5. The molecule has 170 valence electrons. The Morgan fingerprint density at radius 2 is 1.91 bits per heavy atom. The number of benzene rings is 1. The summed E-state index contributed by atoms with van der Waals surface area (Å²) in [5.74, 6) is 0.454. The van der Waals surface area contributed by atoms with Gasteiger partial charge in [0.25, 0.3) is 0 Å². The molecule has 7 heteroatoms. The number of nitrogens with zero attached hydrogens (tertiary/aromatic N) is 1. The van der Waals surface area contributed by atoms with Gasteiger partial charge in [0.05, 0.1) is 31.0 Å². The number of carbonyl (C=O) groups excluding carboxylic acids is 2. The highest BCUT2D eigenvalue weighted by Crippen LogP contribution is 2.31. The van der Waals surface area contributed by atoms with Gasteiger partial charge in [-0.2, -0.15) is 0 Å². The molecule has 4 rings (SSSR count). The molecule has 1 atom stereocenters. The minimum atomic E-state index is -0.563. The van der Waals surface area contributed by atoms with Crippen LogP contribution in [0.3, 0.4) is 0 Å². The standard InChI is InChI=1S/C25H31N3O4/c1-3-31-24(29)22-21(26-25(30)27-23(22)18-12-10-17(2)11-13-18)16-28(19-7-4-5-8-19)15-20-9-6-14-32-20/h6,9-14,19,23H,3-5,7-8,15-16H2,1-2H3,(H2,26,27,30)/t23-/m0/s1. The van der Waals surface area contributed by atoms with E-state index < -0.39 is 12.0 Å². The third kappa shape index (κ3) is 5.05. The van der Waals surface area contributed by atoms with E-state index >= 15 is 0 Å². The van der Waals surface area contributed by atoms with Gasteiger partial charge < -0.3 is 19.8 Å². The van der Waals surface area contributed by atoms with Gasteiger partial charge in [-0.1, -0.05) is 42.7 Å². The van der Waals surface area contributed by atoms with Crippen molar-refractivity contribution in [2.24, 2.45) is 0 Å². The van der Waals surface area contributed by atoms with Crippen molar-refractivity contribution in [3.05, 3.63) is 70.8 Å². The van der Waals surface area contributed by atoms with Crippen molar-refractivity contribution in [2.75, 3.05) is 13.2 Å². The Bertz CT molecular complexity index is 960. The second-order valence-electron chi connectivity index (χ2n) is 8.48. The molecule has 1 aromatic heterocycles. The quantitative estimate of drug-likeness (QED) is 0.605. The molecule has 2 aliphatic rings. The molecule has 0 bridgehead atoms. The van der Waals surface area contributed by atoms with Crippen LogP contribution in [0.4, 0.5) is 4.79 Å². The lowest BCUT2D eigenvalue weighted by Gasteiger charge is -2.34. The number of hydrogen-bond donors (Lipinski definition) is 2. The zero-order valence-corrected chi connectivity index (χ0v) is 18.7. The van der Waals surface area contributed by atoms with E-state index in [4.69, 9.17) is 9.15 Å². The summed E-state index contributed by atoms with van der Waals surface area (Å²) in [5.41, 5.74) is 3.01. The average molecular weight is 438 g/mol. The minimum Gasteiger partial charge on any atom is -0.468 e.